The van der Waals surface area contributed by atoms with Crippen LogP contribution in [0, 0.1) is 21.9 Å². The lowest BCUT2D eigenvalue weighted by molar-refractivity contribution is 0.595. The molecule has 0 fully saturated rings. The van der Waals surface area contributed by atoms with Gasteiger partial charge in [-0.05, 0) is 48.5 Å². The summed E-state index contributed by atoms with van der Waals surface area (Å²) in [7, 11) is 0. The van der Waals surface area contributed by atoms with Crippen molar-refractivity contribution in [1.29, 1.82) is 5.26 Å². The number of H-pyrrole nitrogens is 1. The Kier molecular flexibility index (Phi) is 3.55. The van der Waals surface area contributed by atoms with Crippen molar-refractivity contribution >= 4 is 23.3 Å². The van der Waals surface area contributed by atoms with Crippen molar-refractivity contribution in [3.05, 3.63) is 64.2 Å². The Hall–Kier alpha value is -2.45. The molecule has 0 aliphatic heterocycles. The molecular weight excluding hydrogens is 285 g/mol. The summed E-state index contributed by atoms with van der Waals surface area (Å²) in [4.78, 5) is 3.10. The Morgan fingerprint density at radius 2 is 2.05 bits per heavy atom. The molecule has 1 N–H and O–H groups in total. The van der Waals surface area contributed by atoms with Crippen molar-refractivity contribution in [2.45, 2.75) is 13.0 Å². The van der Waals surface area contributed by atoms with Gasteiger partial charge in [0.25, 0.3) is 0 Å². The number of aromatic nitrogens is 2. The van der Waals surface area contributed by atoms with E-state index in [0.29, 0.717) is 28.9 Å². The summed E-state index contributed by atoms with van der Waals surface area (Å²) >= 11 is 5.31. The summed E-state index contributed by atoms with van der Waals surface area (Å²) in [6, 6.07) is 14.2. The summed E-state index contributed by atoms with van der Waals surface area (Å²) in [6.45, 7) is 0.564. The van der Waals surface area contributed by atoms with E-state index >= 15 is 0 Å². The first-order valence-electron chi connectivity index (χ1n) is 6.55. The van der Waals surface area contributed by atoms with Crippen LogP contribution in [0.4, 0.5) is 4.39 Å². The summed E-state index contributed by atoms with van der Waals surface area (Å²) in [5, 5.41) is 8.99. The van der Waals surface area contributed by atoms with Gasteiger partial charge in [0, 0.05) is 6.54 Å². The van der Waals surface area contributed by atoms with Crippen LogP contribution in [0.2, 0.25) is 0 Å². The number of aryl methyl sites for hydroxylation is 2. The SMILES string of the molecule is N#Cc1ccc2[nH]c(=S)n(CCc3ccccc3F)c2c1. The van der Waals surface area contributed by atoms with Gasteiger partial charge in [0.05, 0.1) is 22.7 Å². The predicted octanol–water partition coefficient (Wildman–Crippen LogP) is 3.95. The average Bonchev–Trinajstić information content (AvgIpc) is 2.81. The fourth-order valence-corrected chi connectivity index (χ4v) is 2.68. The normalized spacial score (nSPS) is 10.7. The van der Waals surface area contributed by atoms with Gasteiger partial charge in [0.1, 0.15) is 5.82 Å². The molecule has 0 amide bonds. The molecule has 21 heavy (non-hydrogen) atoms. The average molecular weight is 297 g/mol. The second kappa shape index (κ2) is 5.51. The van der Waals surface area contributed by atoms with Crippen LogP contribution in [0.3, 0.4) is 0 Å². The van der Waals surface area contributed by atoms with E-state index < -0.39 is 0 Å². The first kappa shape index (κ1) is 13.5. The Labute approximate surface area is 126 Å². The third-order valence-electron chi connectivity index (χ3n) is 3.47. The minimum absolute atomic E-state index is 0.207. The summed E-state index contributed by atoms with van der Waals surface area (Å²) < 4.78 is 16.1. The van der Waals surface area contributed by atoms with Crippen molar-refractivity contribution in [1.82, 2.24) is 9.55 Å². The van der Waals surface area contributed by atoms with Crippen LogP contribution < -0.4 is 0 Å². The highest BCUT2D eigenvalue weighted by molar-refractivity contribution is 7.71. The lowest BCUT2D eigenvalue weighted by Gasteiger charge is -2.06. The fourth-order valence-electron chi connectivity index (χ4n) is 2.38. The van der Waals surface area contributed by atoms with Gasteiger partial charge in [-0.3, -0.25) is 0 Å². The third kappa shape index (κ3) is 2.58. The third-order valence-corrected chi connectivity index (χ3v) is 3.79. The molecule has 0 saturated heterocycles. The van der Waals surface area contributed by atoms with Gasteiger partial charge in [-0.25, -0.2) is 4.39 Å². The zero-order valence-electron chi connectivity index (χ0n) is 11.1. The maximum absolute atomic E-state index is 13.7. The van der Waals surface area contributed by atoms with Crippen molar-refractivity contribution in [3.8, 4) is 6.07 Å². The van der Waals surface area contributed by atoms with Gasteiger partial charge in [-0.1, -0.05) is 18.2 Å². The fraction of sp³-hybridized carbons (Fsp3) is 0.125. The zero-order valence-corrected chi connectivity index (χ0v) is 12.0. The number of halogens is 1. The molecule has 0 atom stereocenters. The Morgan fingerprint density at radius 3 is 2.81 bits per heavy atom. The molecule has 0 spiro atoms. The summed E-state index contributed by atoms with van der Waals surface area (Å²) in [5.74, 6) is -0.207. The number of nitrogens with zero attached hydrogens (tertiary/aromatic N) is 2. The number of nitrogens with one attached hydrogen (secondary N) is 1. The largest absolute Gasteiger partial charge is 0.331 e. The molecule has 1 heterocycles. The smallest absolute Gasteiger partial charge is 0.178 e. The molecule has 3 aromatic rings. The minimum Gasteiger partial charge on any atom is -0.331 e. The highest BCUT2D eigenvalue weighted by Gasteiger charge is 2.07. The van der Waals surface area contributed by atoms with Crippen LogP contribution >= 0.6 is 12.2 Å². The highest BCUT2D eigenvalue weighted by atomic mass is 32.1. The van der Waals surface area contributed by atoms with E-state index in [1.165, 1.54) is 6.07 Å². The van der Waals surface area contributed by atoms with Crippen LogP contribution in [0.1, 0.15) is 11.1 Å². The number of rotatable bonds is 3. The molecule has 1 aromatic heterocycles. The molecule has 3 rings (SSSR count). The minimum atomic E-state index is -0.207. The molecule has 0 radical (unpaired) electrons. The lowest BCUT2D eigenvalue weighted by Crippen LogP contribution is -2.03. The molecule has 0 saturated carbocycles. The van der Waals surface area contributed by atoms with E-state index in [-0.39, 0.29) is 5.82 Å². The van der Waals surface area contributed by atoms with Crippen molar-refractivity contribution in [2.24, 2.45) is 0 Å². The number of hydrogen-bond donors (Lipinski definition) is 1. The highest BCUT2D eigenvalue weighted by Crippen LogP contribution is 2.17. The van der Waals surface area contributed by atoms with E-state index in [1.807, 2.05) is 16.7 Å². The quantitative estimate of drug-likeness (QED) is 0.744. The number of aromatic amines is 1. The van der Waals surface area contributed by atoms with E-state index in [0.717, 1.165) is 11.0 Å². The van der Waals surface area contributed by atoms with Crippen LogP contribution in [-0.2, 0) is 13.0 Å². The second-order valence-electron chi connectivity index (χ2n) is 4.77. The molecule has 0 bridgehead atoms. The first-order chi connectivity index (χ1) is 10.2. The predicted molar refractivity (Wildman–Crippen MR) is 81.9 cm³/mol. The molecule has 104 valence electrons. The van der Waals surface area contributed by atoms with E-state index in [9.17, 15) is 4.39 Å². The molecule has 3 nitrogen and oxygen atoms in total. The van der Waals surface area contributed by atoms with E-state index in [4.69, 9.17) is 17.5 Å². The van der Waals surface area contributed by atoms with Crippen LogP contribution in [-0.4, -0.2) is 9.55 Å². The van der Waals surface area contributed by atoms with Crippen molar-refractivity contribution in [3.63, 3.8) is 0 Å². The molecule has 0 unspecified atom stereocenters. The zero-order chi connectivity index (χ0) is 14.8. The molecule has 2 aromatic carbocycles. The van der Waals surface area contributed by atoms with Gasteiger partial charge >= 0.3 is 0 Å². The topological polar surface area (TPSA) is 44.5 Å². The van der Waals surface area contributed by atoms with Gasteiger partial charge in [-0.2, -0.15) is 5.26 Å². The Balaban J connectivity index is 1.97. The molecule has 0 aliphatic rings. The maximum atomic E-state index is 13.7. The standard InChI is InChI=1S/C16H12FN3S/c17-13-4-2-1-3-12(13)7-8-20-15-9-11(10-18)5-6-14(15)19-16(20)21/h1-6,9H,7-8H2,(H,19,21). The number of hydrogen-bond acceptors (Lipinski definition) is 2. The number of imidazole rings is 1. The van der Waals surface area contributed by atoms with Gasteiger partial charge in [-0.15, -0.1) is 0 Å². The van der Waals surface area contributed by atoms with Gasteiger partial charge in [0.15, 0.2) is 4.77 Å². The second-order valence-corrected chi connectivity index (χ2v) is 5.15. The van der Waals surface area contributed by atoms with E-state index in [1.54, 1.807) is 24.3 Å². The van der Waals surface area contributed by atoms with Crippen LogP contribution in [0.5, 0.6) is 0 Å². The number of fused-ring (bicyclic) bond motifs is 1. The first-order valence-corrected chi connectivity index (χ1v) is 6.96. The lowest BCUT2D eigenvalue weighted by atomic mass is 10.1. The number of nitriles is 1. The van der Waals surface area contributed by atoms with Crippen LogP contribution in [0.25, 0.3) is 11.0 Å². The van der Waals surface area contributed by atoms with Crippen LogP contribution in [0.15, 0.2) is 42.5 Å². The Bertz CT molecular complexity index is 902. The van der Waals surface area contributed by atoms with Crippen molar-refractivity contribution in [2.75, 3.05) is 0 Å². The summed E-state index contributed by atoms with van der Waals surface area (Å²) in [6.07, 6.45) is 0.546. The molecular formula is C16H12FN3S. The summed E-state index contributed by atoms with van der Waals surface area (Å²) in [5.41, 5.74) is 2.99. The van der Waals surface area contributed by atoms with Gasteiger partial charge in [0.2, 0.25) is 0 Å². The van der Waals surface area contributed by atoms with E-state index in [2.05, 4.69) is 11.1 Å². The maximum Gasteiger partial charge on any atom is 0.178 e. The molecule has 0 aliphatic carbocycles. The Morgan fingerprint density at radius 1 is 1.24 bits per heavy atom. The molecule has 5 heteroatoms. The number of benzene rings is 2. The monoisotopic (exact) mass is 297 g/mol. The van der Waals surface area contributed by atoms with Crippen molar-refractivity contribution < 1.29 is 4.39 Å². The van der Waals surface area contributed by atoms with Gasteiger partial charge < -0.3 is 9.55 Å².